The van der Waals surface area contributed by atoms with Crippen molar-refractivity contribution in [3.8, 4) is 0 Å². The van der Waals surface area contributed by atoms with Gasteiger partial charge in [-0.2, -0.15) is 0 Å². The van der Waals surface area contributed by atoms with E-state index in [4.69, 9.17) is 0 Å². The largest absolute Gasteiger partial charge is 0.338 e. The molecule has 1 unspecified atom stereocenters. The van der Waals surface area contributed by atoms with Crippen molar-refractivity contribution in [2.45, 2.75) is 51.5 Å². The number of hydrogen-bond donors (Lipinski definition) is 0. The molecule has 0 radical (unpaired) electrons. The van der Waals surface area contributed by atoms with Gasteiger partial charge in [-0.1, -0.05) is 12.2 Å². The third-order valence-corrected chi connectivity index (χ3v) is 6.65. The van der Waals surface area contributed by atoms with E-state index >= 15 is 0 Å². The van der Waals surface area contributed by atoms with Gasteiger partial charge in [-0.3, -0.25) is 9.78 Å². The van der Waals surface area contributed by atoms with E-state index in [0.29, 0.717) is 5.91 Å². The van der Waals surface area contributed by atoms with Gasteiger partial charge in [0.1, 0.15) is 0 Å². The highest BCUT2D eigenvalue weighted by Gasteiger charge is 2.45. The molecule has 26 heavy (non-hydrogen) atoms. The van der Waals surface area contributed by atoms with Gasteiger partial charge in [0, 0.05) is 32.0 Å². The van der Waals surface area contributed by atoms with Crippen LogP contribution in [-0.4, -0.2) is 46.9 Å². The van der Waals surface area contributed by atoms with Gasteiger partial charge in [-0.25, -0.2) is 0 Å². The minimum Gasteiger partial charge on any atom is -0.338 e. The Hall–Kier alpha value is -1.68. The van der Waals surface area contributed by atoms with Crippen molar-refractivity contribution >= 4 is 5.91 Å². The van der Waals surface area contributed by atoms with E-state index in [2.05, 4.69) is 26.9 Å². The molecular formula is C22H31N3O. The van der Waals surface area contributed by atoms with Crippen molar-refractivity contribution in [3.05, 3.63) is 42.2 Å². The Bertz CT molecular complexity index is 634. The van der Waals surface area contributed by atoms with Gasteiger partial charge < -0.3 is 9.80 Å². The van der Waals surface area contributed by atoms with Crippen LogP contribution in [0.4, 0.5) is 0 Å². The van der Waals surface area contributed by atoms with Gasteiger partial charge in [0.15, 0.2) is 0 Å². The van der Waals surface area contributed by atoms with Crippen LogP contribution in [0.3, 0.4) is 0 Å². The van der Waals surface area contributed by atoms with E-state index < -0.39 is 0 Å². The highest BCUT2D eigenvalue weighted by molar-refractivity contribution is 5.83. The number of carbonyl (C=O) groups is 1. The maximum Gasteiger partial charge on any atom is 0.229 e. The molecule has 0 bridgehead atoms. The minimum atomic E-state index is -0.0890. The first-order valence-corrected chi connectivity index (χ1v) is 10.3. The molecule has 4 heteroatoms. The van der Waals surface area contributed by atoms with Gasteiger partial charge in [0.05, 0.1) is 5.41 Å². The molecule has 1 aromatic heterocycles. The Morgan fingerprint density at radius 3 is 2.62 bits per heavy atom. The fraction of sp³-hybridized carbons (Fsp3) is 0.636. The second kappa shape index (κ2) is 7.91. The Labute approximate surface area is 157 Å². The molecule has 0 aromatic carbocycles. The molecule has 4 nitrogen and oxygen atoms in total. The molecule has 1 atom stereocenters. The second-order valence-electron chi connectivity index (χ2n) is 8.42. The van der Waals surface area contributed by atoms with E-state index in [1.807, 2.05) is 24.5 Å². The summed E-state index contributed by atoms with van der Waals surface area (Å²) in [6, 6.07) is 4.05. The van der Waals surface area contributed by atoms with Crippen LogP contribution in [0.25, 0.3) is 0 Å². The van der Waals surface area contributed by atoms with Gasteiger partial charge >= 0.3 is 0 Å². The summed E-state index contributed by atoms with van der Waals surface area (Å²) in [4.78, 5) is 22.1. The number of nitrogens with zero attached hydrogens (tertiary/aromatic N) is 3. The van der Waals surface area contributed by atoms with Gasteiger partial charge in [0.2, 0.25) is 5.91 Å². The first-order valence-electron chi connectivity index (χ1n) is 10.3. The summed E-state index contributed by atoms with van der Waals surface area (Å²) in [5.74, 6) is 1.22. The van der Waals surface area contributed by atoms with E-state index in [9.17, 15) is 4.79 Å². The van der Waals surface area contributed by atoms with Crippen molar-refractivity contribution in [1.82, 2.24) is 14.8 Å². The van der Waals surface area contributed by atoms with Crippen LogP contribution in [0.5, 0.6) is 0 Å². The van der Waals surface area contributed by atoms with Gasteiger partial charge in [0.25, 0.3) is 0 Å². The van der Waals surface area contributed by atoms with Crippen molar-refractivity contribution in [2.24, 2.45) is 11.3 Å². The molecule has 2 fully saturated rings. The zero-order valence-corrected chi connectivity index (χ0v) is 15.8. The summed E-state index contributed by atoms with van der Waals surface area (Å²) < 4.78 is 0. The molecule has 0 saturated carbocycles. The standard InChI is InChI=1S/C22H31N3O/c26-21-22(9-4-14-25(21)18-20-7-12-23-13-8-20)10-15-24(16-11-22)17-19-5-2-1-3-6-19/h1-2,7-8,12-13,19H,3-6,9-11,14-18H2. The minimum absolute atomic E-state index is 0.0890. The van der Waals surface area contributed by atoms with Crippen LogP contribution in [0.15, 0.2) is 36.7 Å². The van der Waals surface area contributed by atoms with E-state index in [0.717, 1.165) is 57.8 Å². The summed E-state index contributed by atoms with van der Waals surface area (Å²) in [5, 5.41) is 0. The zero-order chi connectivity index (χ0) is 17.8. The summed E-state index contributed by atoms with van der Waals surface area (Å²) in [6.45, 7) is 5.04. The van der Waals surface area contributed by atoms with Crippen LogP contribution in [-0.2, 0) is 11.3 Å². The number of piperidine rings is 2. The number of amides is 1. The zero-order valence-electron chi connectivity index (χ0n) is 15.8. The molecule has 4 rings (SSSR count). The maximum atomic E-state index is 13.3. The molecule has 1 spiro atoms. The SMILES string of the molecule is O=C1N(Cc2ccncc2)CCCC12CCN(CC1CC=CCC1)CC2. The molecule has 3 aliphatic rings. The summed E-state index contributed by atoms with van der Waals surface area (Å²) >= 11 is 0. The average Bonchev–Trinajstić information content (AvgIpc) is 2.69. The first kappa shape index (κ1) is 17.7. The van der Waals surface area contributed by atoms with Crippen LogP contribution in [0, 0.1) is 11.3 Å². The fourth-order valence-electron chi connectivity index (χ4n) is 5.03. The number of aromatic nitrogens is 1. The van der Waals surface area contributed by atoms with Gasteiger partial charge in [-0.15, -0.1) is 0 Å². The summed E-state index contributed by atoms with van der Waals surface area (Å²) in [6.07, 6.45) is 16.4. The van der Waals surface area contributed by atoms with Crippen LogP contribution >= 0.6 is 0 Å². The number of likely N-dealkylation sites (tertiary alicyclic amines) is 2. The number of carbonyl (C=O) groups excluding carboxylic acids is 1. The molecule has 0 N–H and O–H groups in total. The first-order chi connectivity index (χ1) is 12.8. The van der Waals surface area contributed by atoms with Crippen LogP contribution in [0.1, 0.15) is 50.5 Å². The molecule has 2 saturated heterocycles. The molecule has 140 valence electrons. The molecule has 2 aliphatic heterocycles. The lowest BCUT2D eigenvalue weighted by Crippen LogP contribution is -2.53. The molecule has 1 aromatic rings. The number of allylic oxidation sites excluding steroid dienone is 2. The topological polar surface area (TPSA) is 36.4 Å². The lowest BCUT2D eigenvalue weighted by Gasteiger charge is -2.47. The van der Waals surface area contributed by atoms with Crippen LogP contribution < -0.4 is 0 Å². The third kappa shape index (κ3) is 3.85. The van der Waals surface area contributed by atoms with E-state index in [1.54, 1.807) is 0 Å². The Morgan fingerprint density at radius 1 is 1.08 bits per heavy atom. The monoisotopic (exact) mass is 353 g/mol. The number of hydrogen-bond acceptors (Lipinski definition) is 3. The lowest BCUT2D eigenvalue weighted by molar-refractivity contribution is -0.150. The number of rotatable bonds is 4. The van der Waals surface area contributed by atoms with Crippen LogP contribution in [0.2, 0.25) is 0 Å². The van der Waals surface area contributed by atoms with Crippen molar-refractivity contribution in [3.63, 3.8) is 0 Å². The highest BCUT2D eigenvalue weighted by atomic mass is 16.2. The molecular weight excluding hydrogens is 322 g/mol. The lowest BCUT2D eigenvalue weighted by atomic mass is 9.71. The number of pyridine rings is 1. The van der Waals surface area contributed by atoms with E-state index in [-0.39, 0.29) is 5.41 Å². The Morgan fingerprint density at radius 2 is 1.88 bits per heavy atom. The second-order valence-corrected chi connectivity index (χ2v) is 8.42. The quantitative estimate of drug-likeness (QED) is 0.776. The fourth-order valence-corrected chi connectivity index (χ4v) is 5.03. The molecule has 1 aliphatic carbocycles. The third-order valence-electron chi connectivity index (χ3n) is 6.65. The van der Waals surface area contributed by atoms with Crippen molar-refractivity contribution < 1.29 is 4.79 Å². The molecule has 1 amide bonds. The van der Waals surface area contributed by atoms with Crippen molar-refractivity contribution in [1.29, 1.82) is 0 Å². The predicted molar refractivity (Wildman–Crippen MR) is 103 cm³/mol. The smallest absolute Gasteiger partial charge is 0.229 e. The molecule has 3 heterocycles. The van der Waals surface area contributed by atoms with Crippen molar-refractivity contribution in [2.75, 3.05) is 26.2 Å². The summed E-state index contributed by atoms with van der Waals surface area (Å²) in [5.41, 5.74) is 1.10. The highest BCUT2D eigenvalue weighted by Crippen LogP contribution is 2.41. The van der Waals surface area contributed by atoms with Gasteiger partial charge in [-0.05, 0) is 81.6 Å². The van der Waals surface area contributed by atoms with E-state index in [1.165, 1.54) is 31.4 Å². The normalized spacial score (nSPS) is 26.4. The Balaban J connectivity index is 1.34. The predicted octanol–water partition coefficient (Wildman–Crippen LogP) is 3.64. The Kier molecular flexibility index (Phi) is 5.39. The maximum absolute atomic E-state index is 13.3. The summed E-state index contributed by atoms with van der Waals surface area (Å²) in [7, 11) is 0. The average molecular weight is 354 g/mol.